The molecule has 23 heavy (non-hydrogen) atoms. The zero-order chi connectivity index (χ0) is 17.3. The molecule has 0 radical (unpaired) electrons. The van der Waals surface area contributed by atoms with Gasteiger partial charge in [-0.1, -0.05) is 81.9 Å². The Bertz CT molecular complexity index is 628. The average molecular weight is 328 g/mol. The van der Waals surface area contributed by atoms with Gasteiger partial charge in [-0.25, -0.2) is 0 Å². The molecule has 1 amide bonds. The zero-order valence-electron chi connectivity index (χ0n) is 15.3. The summed E-state index contributed by atoms with van der Waals surface area (Å²) in [5.74, 6) is 0.215. The van der Waals surface area contributed by atoms with Crippen molar-refractivity contribution in [2.24, 2.45) is 5.41 Å². The molecule has 1 aliphatic rings. The van der Waals surface area contributed by atoms with Crippen molar-refractivity contribution in [3.05, 3.63) is 54.3 Å². The van der Waals surface area contributed by atoms with Crippen LogP contribution in [-0.2, 0) is 4.79 Å². The Balaban J connectivity index is 2.27. The van der Waals surface area contributed by atoms with E-state index >= 15 is 0 Å². The lowest BCUT2D eigenvalue weighted by molar-refractivity contribution is -0.138. The van der Waals surface area contributed by atoms with Crippen molar-refractivity contribution in [3.8, 4) is 0 Å². The maximum Gasteiger partial charge on any atom is 0.232 e. The molecule has 0 aromatic heterocycles. The van der Waals surface area contributed by atoms with Gasteiger partial charge in [-0.2, -0.15) is 0 Å². The van der Waals surface area contributed by atoms with E-state index in [1.54, 1.807) is 0 Å². The summed E-state index contributed by atoms with van der Waals surface area (Å²) in [5, 5.41) is 1.38. The highest BCUT2D eigenvalue weighted by atomic mass is 28.3. The molecule has 1 atom stereocenters. The Labute approximate surface area is 142 Å². The minimum absolute atomic E-state index is 0.0354. The van der Waals surface area contributed by atoms with Gasteiger partial charge in [0.25, 0.3) is 0 Å². The standard InChI is InChI=1S/C20H29NOSi/c1-19(2,18(22)21(5)16-12-10-11-13-16)20(3,4)23(6)17-14-8-7-9-15-17/h7-12,14-15,23H,13H2,1-6H3. The highest BCUT2D eigenvalue weighted by Gasteiger charge is 2.48. The summed E-state index contributed by atoms with van der Waals surface area (Å²) < 4.78 is 0. The number of rotatable bonds is 5. The molecular weight excluding hydrogens is 298 g/mol. The predicted octanol–water partition coefficient (Wildman–Crippen LogP) is 3.86. The Morgan fingerprint density at radius 1 is 1.13 bits per heavy atom. The maximum atomic E-state index is 13.2. The van der Waals surface area contributed by atoms with Crippen LogP contribution in [0.2, 0.25) is 11.6 Å². The van der Waals surface area contributed by atoms with E-state index in [0.717, 1.165) is 12.1 Å². The molecule has 0 bridgehead atoms. The van der Waals surface area contributed by atoms with Crippen molar-refractivity contribution in [1.82, 2.24) is 4.90 Å². The molecule has 1 unspecified atom stereocenters. The molecule has 0 N–H and O–H groups in total. The molecule has 124 valence electrons. The fourth-order valence-electron chi connectivity index (χ4n) is 3.21. The van der Waals surface area contributed by atoms with Crippen molar-refractivity contribution >= 4 is 19.9 Å². The van der Waals surface area contributed by atoms with Crippen molar-refractivity contribution in [3.63, 3.8) is 0 Å². The second-order valence-electron chi connectivity index (χ2n) is 7.63. The number of carbonyl (C=O) groups is 1. The van der Waals surface area contributed by atoms with Crippen molar-refractivity contribution < 1.29 is 4.79 Å². The quantitative estimate of drug-likeness (QED) is 0.752. The molecule has 1 aliphatic carbocycles. The number of carbonyl (C=O) groups excluding carboxylic acids is 1. The van der Waals surface area contributed by atoms with Crippen LogP contribution in [0.25, 0.3) is 0 Å². The lowest BCUT2D eigenvalue weighted by Crippen LogP contribution is -2.52. The van der Waals surface area contributed by atoms with E-state index in [2.05, 4.69) is 70.6 Å². The van der Waals surface area contributed by atoms with E-state index in [1.807, 2.05) is 24.1 Å². The smallest absolute Gasteiger partial charge is 0.232 e. The molecule has 1 aromatic rings. The zero-order valence-corrected chi connectivity index (χ0v) is 16.4. The largest absolute Gasteiger partial charge is 0.318 e. The average Bonchev–Trinajstić information content (AvgIpc) is 3.07. The first-order valence-electron chi connectivity index (χ1n) is 8.38. The molecule has 0 spiro atoms. The van der Waals surface area contributed by atoms with Crippen LogP contribution >= 0.6 is 0 Å². The number of hydrogen-bond donors (Lipinski definition) is 0. The summed E-state index contributed by atoms with van der Waals surface area (Å²) in [4.78, 5) is 15.1. The number of benzene rings is 1. The van der Waals surface area contributed by atoms with E-state index in [1.165, 1.54) is 5.19 Å². The molecule has 3 heteroatoms. The molecule has 1 aromatic carbocycles. The third-order valence-electron chi connectivity index (χ3n) is 6.01. The minimum atomic E-state index is -1.31. The van der Waals surface area contributed by atoms with Gasteiger partial charge < -0.3 is 4.90 Å². The minimum Gasteiger partial charge on any atom is -0.318 e. The Morgan fingerprint density at radius 3 is 2.26 bits per heavy atom. The summed E-state index contributed by atoms with van der Waals surface area (Å²) >= 11 is 0. The van der Waals surface area contributed by atoms with E-state index in [9.17, 15) is 4.79 Å². The number of hydrogen-bond acceptors (Lipinski definition) is 1. The highest BCUT2D eigenvalue weighted by molar-refractivity contribution is 6.75. The molecule has 2 nitrogen and oxygen atoms in total. The van der Waals surface area contributed by atoms with Crippen LogP contribution in [-0.4, -0.2) is 26.7 Å². The van der Waals surface area contributed by atoms with Crippen LogP contribution in [0.4, 0.5) is 0 Å². The molecule has 0 fully saturated rings. The second kappa shape index (κ2) is 6.48. The van der Waals surface area contributed by atoms with Gasteiger partial charge in [0.05, 0.1) is 8.80 Å². The Hall–Kier alpha value is -1.61. The van der Waals surface area contributed by atoms with E-state index in [-0.39, 0.29) is 10.9 Å². The monoisotopic (exact) mass is 327 g/mol. The fourth-order valence-corrected chi connectivity index (χ4v) is 6.05. The summed E-state index contributed by atoms with van der Waals surface area (Å²) in [5.41, 5.74) is 0.681. The van der Waals surface area contributed by atoms with E-state index < -0.39 is 14.2 Å². The van der Waals surface area contributed by atoms with Gasteiger partial charge in [0, 0.05) is 24.6 Å². The molecule has 0 aliphatic heterocycles. The first-order chi connectivity index (χ1) is 10.7. The summed E-state index contributed by atoms with van der Waals surface area (Å²) in [7, 11) is 0.602. The van der Waals surface area contributed by atoms with Crippen LogP contribution < -0.4 is 5.19 Å². The number of amides is 1. The van der Waals surface area contributed by atoms with Crippen LogP contribution in [0.5, 0.6) is 0 Å². The SMILES string of the molecule is CN(C(=O)C(C)(C)C(C)(C)[SiH](C)c1ccccc1)C1=CC=CC1. The van der Waals surface area contributed by atoms with Crippen LogP contribution in [0.3, 0.4) is 0 Å². The van der Waals surface area contributed by atoms with Crippen molar-refractivity contribution in [2.75, 3.05) is 7.05 Å². The second-order valence-corrected chi connectivity index (χ2v) is 11.2. The van der Waals surface area contributed by atoms with Gasteiger partial charge in [0.15, 0.2) is 0 Å². The lowest BCUT2D eigenvalue weighted by atomic mass is 9.78. The maximum absolute atomic E-state index is 13.2. The summed E-state index contributed by atoms with van der Waals surface area (Å²) in [6, 6.07) is 10.7. The van der Waals surface area contributed by atoms with Gasteiger partial charge in [-0.05, 0) is 11.1 Å². The van der Waals surface area contributed by atoms with Crippen LogP contribution in [0.15, 0.2) is 54.3 Å². The van der Waals surface area contributed by atoms with Gasteiger partial charge in [0.1, 0.15) is 0 Å². The Kier molecular flexibility index (Phi) is 5.00. The number of allylic oxidation sites excluding steroid dienone is 3. The van der Waals surface area contributed by atoms with Gasteiger partial charge in [-0.15, -0.1) is 0 Å². The predicted molar refractivity (Wildman–Crippen MR) is 102 cm³/mol. The Morgan fingerprint density at radius 2 is 1.74 bits per heavy atom. The van der Waals surface area contributed by atoms with Crippen molar-refractivity contribution in [1.29, 1.82) is 0 Å². The third-order valence-corrected chi connectivity index (χ3v) is 10.3. The number of nitrogens with zero attached hydrogens (tertiary/aromatic N) is 1. The lowest BCUT2D eigenvalue weighted by Gasteiger charge is -2.46. The highest BCUT2D eigenvalue weighted by Crippen LogP contribution is 2.48. The molecule has 2 rings (SSSR count). The fraction of sp³-hybridized carbons (Fsp3) is 0.450. The van der Waals surface area contributed by atoms with Crippen LogP contribution in [0, 0.1) is 5.41 Å². The molecular formula is C20H29NOSi. The van der Waals surface area contributed by atoms with E-state index in [4.69, 9.17) is 0 Å². The first kappa shape index (κ1) is 17.7. The van der Waals surface area contributed by atoms with E-state index in [0.29, 0.717) is 0 Å². The molecule has 0 saturated carbocycles. The normalized spacial score (nSPS) is 16.2. The molecule has 0 saturated heterocycles. The first-order valence-corrected chi connectivity index (χ1v) is 10.7. The summed E-state index contributed by atoms with van der Waals surface area (Å²) in [6.45, 7) is 11.1. The van der Waals surface area contributed by atoms with Gasteiger partial charge in [-0.3, -0.25) is 4.79 Å². The molecule has 0 heterocycles. The van der Waals surface area contributed by atoms with Crippen molar-refractivity contribution in [2.45, 2.75) is 45.7 Å². The van der Waals surface area contributed by atoms with Gasteiger partial charge in [0.2, 0.25) is 5.91 Å². The van der Waals surface area contributed by atoms with Gasteiger partial charge >= 0.3 is 0 Å². The summed E-state index contributed by atoms with van der Waals surface area (Å²) in [6.07, 6.45) is 7.01. The van der Waals surface area contributed by atoms with Crippen LogP contribution in [0.1, 0.15) is 34.1 Å². The third kappa shape index (κ3) is 3.20. The topological polar surface area (TPSA) is 20.3 Å².